The van der Waals surface area contributed by atoms with Crippen molar-refractivity contribution in [3.63, 3.8) is 0 Å². The summed E-state index contributed by atoms with van der Waals surface area (Å²) in [6, 6.07) is 26.1. The Bertz CT molecular complexity index is 1750. The van der Waals surface area contributed by atoms with Crippen LogP contribution in [0.1, 0.15) is 40.7 Å². The zero-order chi connectivity index (χ0) is 31.3. The summed E-state index contributed by atoms with van der Waals surface area (Å²) in [5.41, 5.74) is 4.35. The van der Waals surface area contributed by atoms with Crippen LogP contribution in [0.5, 0.6) is 5.75 Å². The fourth-order valence-electron chi connectivity index (χ4n) is 5.41. The molecule has 0 radical (unpaired) electrons. The molecule has 4 aromatic carbocycles. The average Bonchev–Trinajstić information content (AvgIpc) is 3.04. The first-order valence-electron chi connectivity index (χ1n) is 14.5. The molecule has 10 heteroatoms. The summed E-state index contributed by atoms with van der Waals surface area (Å²) in [7, 11) is -4.05. The second kappa shape index (κ2) is 13.3. The van der Waals surface area contributed by atoms with E-state index in [1.54, 1.807) is 12.1 Å². The highest BCUT2D eigenvalue weighted by molar-refractivity contribution is 7.89. The zero-order valence-electron chi connectivity index (χ0n) is 24.4. The molecule has 0 aliphatic carbocycles. The maximum atomic E-state index is 13.6. The van der Waals surface area contributed by atoms with Crippen LogP contribution in [-0.4, -0.2) is 50.1 Å². The van der Waals surface area contributed by atoms with Gasteiger partial charge < -0.3 is 20.0 Å². The van der Waals surface area contributed by atoms with Gasteiger partial charge in [0, 0.05) is 24.5 Å². The number of nitrogens with zero attached hydrogens (tertiary/aromatic N) is 2. The second-order valence-corrected chi connectivity index (χ2v) is 12.6. The van der Waals surface area contributed by atoms with Crippen molar-refractivity contribution >= 4 is 33.3 Å². The Kier molecular flexibility index (Phi) is 9.32. The molecule has 1 heterocycles. The minimum absolute atomic E-state index is 0.0279. The maximum Gasteiger partial charge on any atom is 0.339 e. The number of anilines is 2. The molecule has 1 saturated heterocycles. The van der Waals surface area contributed by atoms with Crippen molar-refractivity contribution in [3.8, 4) is 16.9 Å². The summed E-state index contributed by atoms with van der Waals surface area (Å²) in [6.07, 6.45) is 3.51. The van der Waals surface area contributed by atoms with E-state index in [2.05, 4.69) is 9.62 Å². The number of piperidine rings is 1. The summed E-state index contributed by atoms with van der Waals surface area (Å²) in [4.78, 5) is 29.0. The number of carboxylic acid groups (broad SMARTS) is 1. The van der Waals surface area contributed by atoms with Crippen LogP contribution < -0.4 is 14.5 Å². The van der Waals surface area contributed by atoms with E-state index >= 15 is 0 Å². The smallest absolute Gasteiger partial charge is 0.339 e. The topological polar surface area (TPSA) is 127 Å². The predicted octanol–water partition coefficient (Wildman–Crippen LogP) is 5.57. The van der Waals surface area contributed by atoms with Crippen LogP contribution >= 0.6 is 0 Å². The summed E-state index contributed by atoms with van der Waals surface area (Å²) >= 11 is 0. The van der Waals surface area contributed by atoms with Crippen LogP contribution in [0.25, 0.3) is 11.1 Å². The molecular weight excluding hydrogens is 578 g/mol. The van der Waals surface area contributed by atoms with E-state index in [9.17, 15) is 28.2 Å². The lowest BCUT2D eigenvalue weighted by Gasteiger charge is -2.29. The summed E-state index contributed by atoms with van der Waals surface area (Å²) < 4.78 is 28.9. The molecule has 5 rings (SSSR count). The number of sulfonamides is 1. The number of rotatable bonds is 10. The van der Waals surface area contributed by atoms with E-state index < -0.39 is 34.2 Å². The van der Waals surface area contributed by atoms with Crippen LogP contribution in [0.15, 0.2) is 95.9 Å². The number of carbonyl (C=O) groups is 2. The Morgan fingerprint density at radius 1 is 0.886 bits per heavy atom. The van der Waals surface area contributed by atoms with E-state index in [1.807, 2.05) is 61.5 Å². The van der Waals surface area contributed by atoms with Crippen molar-refractivity contribution in [1.29, 1.82) is 0 Å². The number of aryl methyl sites for hydroxylation is 1. The number of phenols is 1. The lowest BCUT2D eigenvalue weighted by atomic mass is 10.0. The Morgan fingerprint density at radius 2 is 1.59 bits per heavy atom. The molecule has 0 atom stereocenters. The van der Waals surface area contributed by atoms with Gasteiger partial charge in [0.2, 0.25) is 15.9 Å². The summed E-state index contributed by atoms with van der Waals surface area (Å²) in [6.45, 7) is 3.32. The molecule has 1 amide bonds. The van der Waals surface area contributed by atoms with Crippen molar-refractivity contribution in [2.45, 2.75) is 37.6 Å². The second-order valence-electron chi connectivity index (χ2n) is 10.9. The summed E-state index contributed by atoms with van der Waals surface area (Å²) in [5.74, 6) is -2.37. The SMILES string of the molecule is Cc1cc(S(=O)(=O)NCC(=O)N(Cc2ccc(N3CCCCC3)cc2)c2ccc(O)c(C(=O)O)c2)ccc1-c1ccccc1. The Hall–Kier alpha value is -4.67. The standard InChI is InChI=1S/C34H35N3O6S/c1-24-20-29(15-16-30(24)26-8-4-2-5-9-26)44(42,43)35-22-33(39)37(28-14-17-32(38)31(21-28)34(40)41)23-25-10-12-27(13-11-25)36-18-6-3-7-19-36/h2,4-5,8-17,20-21,35,38H,3,6-7,18-19,22-23H2,1H3,(H,40,41). The monoisotopic (exact) mass is 613 g/mol. The number of amides is 1. The maximum absolute atomic E-state index is 13.6. The van der Waals surface area contributed by atoms with Crippen molar-refractivity contribution < 1.29 is 28.2 Å². The largest absolute Gasteiger partial charge is 0.507 e. The Morgan fingerprint density at radius 3 is 2.25 bits per heavy atom. The van der Waals surface area contributed by atoms with E-state index in [-0.39, 0.29) is 22.7 Å². The first kappa shape index (κ1) is 30.8. The molecular formula is C34H35N3O6S. The zero-order valence-corrected chi connectivity index (χ0v) is 25.3. The van der Waals surface area contributed by atoms with Crippen LogP contribution in [0, 0.1) is 6.92 Å². The third kappa shape index (κ3) is 7.10. The third-order valence-electron chi connectivity index (χ3n) is 7.83. The number of aromatic carboxylic acids is 1. The fraction of sp³-hybridized carbons (Fsp3) is 0.235. The molecule has 9 nitrogen and oxygen atoms in total. The number of hydrogen-bond acceptors (Lipinski definition) is 6. The number of carboxylic acids is 1. The van der Waals surface area contributed by atoms with Gasteiger partial charge >= 0.3 is 5.97 Å². The quantitative estimate of drug-likeness (QED) is 0.214. The molecule has 1 fully saturated rings. The van der Waals surface area contributed by atoms with Crippen LogP contribution in [0.4, 0.5) is 11.4 Å². The molecule has 4 aromatic rings. The van der Waals surface area contributed by atoms with Crippen molar-refractivity contribution in [1.82, 2.24) is 4.72 Å². The van der Waals surface area contributed by atoms with Gasteiger partial charge in [0.05, 0.1) is 18.0 Å². The number of aromatic hydroxyl groups is 1. The van der Waals surface area contributed by atoms with Crippen molar-refractivity contribution in [3.05, 3.63) is 108 Å². The molecule has 0 spiro atoms. The van der Waals surface area contributed by atoms with Gasteiger partial charge in [0.15, 0.2) is 0 Å². The van der Waals surface area contributed by atoms with Gasteiger partial charge in [0.25, 0.3) is 0 Å². The van der Waals surface area contributed by atoms with Crippen LogP contribution in [-0.2, 0) is 21.4 Å². The summed E-state index contributed by atoms with van der Waals surface area (Å²) in [5, 5.41) is 19.6. The normalized spacial score (nSPS) is 13.4. The minimum Gasteiger partial charge on any atom is -0.507 e. The third-order valence-corrected chi connectivity index (χ3v) is 9.23. The van der Waals surface area contributed by atoms with Crippen LogP contribution in [0.2, 0.25) is 0 Å². The van der Waals surface area contributed by atoms with E-state index in [0.717, 1.165) is 53.9 Å². The Balaban J connectivity index is 1.36. The number of hydrogen-bond donors (Lipinski definition) is 3. The van der Waals surface area contributed by atoms with Crippen molar-refractivity contribution in [2.24, 2.45) is 0 Å². The molecule has 1 aliphatic heterocycles. The van der Waals surface area contributed by atoms with Crippen LogP contribution in [0.3, 0.4) is 0 Å². The van der Waals surface area contributed by atoms with Gasteiger partial charge in [-0.15, -0.1) is 0 Å². The van der Waals surface area contributed by atoms with Gasteiger partial charge in [-0.1, -0.05) is 48.5 Å². The highest BCUT2D eigenvalue weighted by Crippen LogP contribution is 2.28. The number of benzene rings is 4. The Labute approximate surface area is 257 Å². The van der Waals surface area contributed by atoms with Gasteiger partial charge in [-0.2, -0.15) is 0 Å². The molecule has 0 bridgehead atoms. The molecule has 1 aliphatic rings. The fourth-order valence-corrected chi connectivity index (χ4v) is 6.47. The molecule has 44 heavy (non-hydrogen) atoms. The molecule has 0 saturated carbocycles. The van der Waals surface area contributed by atoms with Crippen molar-refractivity contribution in [2.75, 3.05) is 29.4 Å². The van der Waals surface area contributed by atoms with E-state index in [0.29, 0.717) is 0 Å². The molecule has 0 aromatic heterocycles. The first-order chi connectivity index (χ1) is 21.1. The molecule has 228 valence electrons. The molecule has 0 unspecified atom stereocenters. The van der Waals surface area contributed by atoms with E-state index in [4.69, 9.17) is 0 Å². The first-order valence-corrected chi connectivity index (χ1v) is 16.0. The van der Waals surface area contributed by atoms with E-state index in [1.165, 1.54) is 35.6 Å². The van der Waals surface area contributed by atoms with Gasteiger partial charge in [-0.05, 0) is 90.9 Å². The highest BCUT2D eigenvalue weighted by Gasteiger charge is 2.23. The van der Waals surface area contributed by atoms with Gasteiger partial charge in [-0.25, -0.2) is 17.9 Å². The minimum atomic E-state index is -4.05. The highest BCUT2D eigenvalue weighted by atomic mass is 32.2. The number of nitrogens with one attached hydrogen (secondary N) is 1. The number of carbonyl (C=O) groups excluding carboxylic acids is 1. The van der Waals surface area contributed by atoms with Gasteiger partial charge in [0.1, 0.15) is 11.3 Å². The lowest BCUT2D eigenvalue weighted by molar-refractivity contribution is -0.117. The van der Waals surface area contributed by atoms with Gasteiger partial charge in [-0.3, -0.25) is 4.79 Å². The average molecular weight is 614 g/mol. The lowest BCUT2D eigenvalue weighted by Crippen LogP contribution is -2.40. The predicted molar refractivity (Wildman–Crippen MR) is 171 cm³/mol. The molecule has 3 N–H and O–H groups in total.